The Morgan fingerprint density at radius 1 is 0.700 bits per heavy atom. The molecule has 0 saturated heterocycles. The summed E-state index contributed by atoms with van der Waals surface area (Å²) in [6.07, 6.45) is 16.8. The van der Waals surface area contributed by atoms with Crippen molar-refractivity contribution in [2.45, 2.75) is 104 Å². The molecule has 2 aromatic carbocycles. The topological polar surface area (TPSA) is 135 Å². The molecule has 0 spiro atoms. The van der Waals surface area contributed by atoms with Crippen LogP contribution in [-0.2, 0) is 25.9 Å². The number of unbranched alkanes of at least 4 members (excludes halogenated alkanes) is 11. The molecule has 1 heterocycles. The third-order valence-corrected chi connectivity index (χ3v) is 6.30. The molecule has 0 saturated carbocycles. The van der Waals surface area contributed by atoms with Crippen LogP contribution in [0.5, 0.6) is 0 Å². The SMILES string of the molecule is CCCCCCCCCC(=O)O.CCCCCCCCNC(=O)O.N.[Pt].c1ccc2c(c1)cnc1ccccc12. The third-order valence-electron chi connectivity index (χ3n) is 6.30. The minimum Gasteiger partial charge on any atom is -0.481 e. The molecule has 0 aliphatic heterocycles. The molecule has 0 aliphatic carbocycles. The second-order valence-electron chi connectivity index (χ2n) is 9.63. The van der Waals surface area contributed by atoms with Crippen molar-refractivity contribution in [2.24, 2.45) is 0 Å². The number of amides is 1. The van der Waals surface area contributed by atoms with Crippen LogP contribution in [0.25, 0.3) is 21.7 Å². The molecular formula is C32H51N3O4Pt. The van der Waals surface area contributed by atoms with Crippen molar-refractivity contribution in [3.05, 3.63) is 54.7 Å². The Labute approximate surface area is 255 Å². The van der Waals surface area contributed by atoms with E-state index in [1.807, 2.05) is 24.4 Å². The summed E-state index contributed by atoms with van der Waals surface area (Å²) in [7, 11) is 0. The molecule has 0 aliphatic rings. The summed E-state index contributed by atoms with van der Waals surface area (Å²) in [5.41, 5.74) is 1.06. The Morgan fingerprint density at radius 2 is 1.20 bits per heavy atom. The van der Waals surface area contributed by atoms with Crippen LogP contribution < -0.4 is 11.5 Å². The molecule has 0 radical (unpaired) electrons. The molecule has 1 aromatic heterocycles. The van der Waals surface area contributed by atoms with Crippen molar-refractivity contribution < 1.29 is 40.9 Å². The van der Waals surface area contributed by atoms with E-state index in [1.54, 1.807) is 0 Å². The molecule has 6 N–H and O–H groups in total. The van der Waals surface area contributed by atoms with E-state index >= 15 is 0 Å². The molecule has 8 heteroatoms. The van der Waals surface area contributed by atoms with Gasteiger partial charge in [0.25, 0.3) is 0 Å². The number of carboxylic acids is 1. The maximum atomic E-state index is 10.1. The van der Waals surface area contributed by atoms with Crippen molar-refractivity contribution >= 4 is 33.7 Å². The molecule has 0 bridgehead atoms. The fourth-order valence-corrected chi connectivity index (χ4v) is 4.14. The Bertz CT molecular complexity index is 966. The number of carboxylic acid groups (broad SMARTS) is 2. The van der Waals surface area contributed by atoms with Gasteiger partial charge in [-0.2, -0.15) is 0 Å². The molecule has 0 atom stereocenters. The van der Waals surface area contributed by atoms with E-state index in [4.69, 9.17) is 10.2 Å². The van der Waals surface area contributed by atoms with Gasteiger partial charge in [-0.25, -0.2) is 4.79 Å². The molecular weight excluding hydrogens is 685 g/mol. The Hall–Kier alpha value is -2.50. The van der Waals surface area contributed by atoms with Gasteiger partial charge in [-0.3, -0.25) is 9.78 Å². The Morgan fingerprint density at radius 3 is 1.77 bits per heavy atom. The van der Waals surface area contributed by atoms with Crippen LogP contribution in [0.1, 0.15) is 104 Å². The van der Waals surface area contributed by atoms with E-state index in [9.17, 15) is 9.59 Å². The number of hydrogen-bond acceptors (Lipinski definition) is 4. The summed E-state index contributed by atoms with van der Waals surface area (Å²) in [6.45, 7) is 4.98. The first-order valence-electron chi connectivity index (χ1n) is 14.4. The molecule has 228 valence electrons. The van der Waals surface area contributed by atoms with E-state index in [0.717, 1.165) is 31.2 Å². The zero-order valence-electron chi connectivity index (χ0n) is 24.5. The molecule has 7 nitrogen and oxygen atoms in total. The molecule has 3 aromatic rings. The van der Waals surface area contributed by atoms with Crippen LogP contribution in [0.2, 0.25) is 0 Å². The van der Waals surface area contributed by atoms with Crippen molar-refractivity contribution in [1.29, 1.82) is 0 Å². The monoisotopic (exact) mass is 736 g/mol. The predicted octanol–water partition coefficient (Wildman–Crippen LogP) is 9.37. The largest absolute Gasteiger partial charge is 0.481 e. The van der Waals surface area contributed by atoms with E-state index in [2.05, 4.69) is 54.5 Å². The number of aliphatic carboxylic acids is 1. The number of carbonyl (C=O) groups is 2. The smallest absolute Gasteiger partial charge is 0.404 e. The van der Waals surface area contributed by atoms with Crippen LogP contribution in [0.4, 0.5) is 4.79 Å². The number of rotatable bonds is 15. The summed E-state index contributed by atoms with van der Waals surface area (Å²) in [5, 5.41) is 22.7. The van der Waals surface area contributed by atoms with Crippen molar-refractivity contribution in [3.8, 4) is 0 Å². The van der Waals surface area contributed by atoms with Crippen molar-refractivity contribution in [2.75, 3.05) is 6.54 Å². The first-order valence-corrected chi connectivity index (χ1v) is 14.4. The van der Waals surface area contributed by atoms with E-state index in [-0.39, 0.29) is 27.2 Å². The van der Waals surface area contributed by atoms with Gasteiger partial charge in [-0.15, -0.1) is 0 Å². The van der Waals surface area contributed by atoms with Gasteiger partial charge in [0.15, 0.2) is 0 Å². The van der Waals surface area contributed by atoms with Crippen LogP contribution >= 0.6 is 0 Å². The van der Waals surface area contributed by atoms with Gasteiger partial charge >= 0.3 is 12.1 Å². The van der Waals surface area contributed by atoms with Gasteiger partial charge in [0, 0.05) is 51.0 Å². The van der Waals surface area contributed by atoms with Crippen molar-refractivity contribution in [1.82, 2.24) is 16.5 Å². The predicted molar refractivity (Wildman–Crippen MR) is 164 cm³/mol. The van der Waals surface area contributed by atoms with Gasteiger partial charge in [-0.05, 0) is 24.3 Å². The maximum Gasteiger partial charge on any atom is 0.404 e. The first kappa shape index (κ1) is 39.6. The van der Waals surface area contributed by atoms with Gasteiger partial charge in [0.05, 0.1) is 5.52 Å². The van der Waals surface area contributed by atoms with Gasteiger partial charge in [-0.1, -0.05) is 127 Å². The molecule has 40 heavy (non-hydrogen) atoms. The minimum atomic E-state index is -0.913. The fraction of sp³-hybridized carbons (Fsp3) is 0.531. The summed E-state index contributed by atoms with van der Waals surface area (Å²) in [6, 6.07) is 16.6. The van der Waals surface area contributed by atoms with Gasteiger partial charge in [0.2, 0.25) is 0 Å². The molecule has 0 fully saturated rings. The summed E-state index contributed by atoms with van der Waals surface area (Å²) < 4.78 is 0. The van der Waals surface area contributed by atoms with Crippen LogP contribution in [0.3, 0.4) is 0 Å². The number of nitrogens with zero attached hydrogens (tertiary/aromatic N) is 1. The number of benzene rings is 2. The second-order valence-corrected chi connectivity index (χ2v) is 9.63. The van der Waals surface area contributed by atoms with Gasteiger partial charge < -0.3 is 21.7 Å². The van der Waals surface area contributed by atoms with Crippen LogP contribution in [-0.4, -0.2) is 33.8 Å². The van der Waals surface area contributed by atoms with Crippen LogP contribution in [0.15, 0.2) is 54.7 Å². The number of pyridine rings is 1. The molecule has 1 amide bonds. The maximum absolute atomic E-state index is 10.1. The van der Waals surface area contributed by atoms with E-state index < -0.39 is 12.1 Å². The number of fused-ring (bicyclic) bond motifs is 3. The zero-order chi connectivity index (χ0) is 27.8. The van der Waals surface area contributed by atoms with E-state index in [1.165, 1.54) is 73.9 Å². The first-order chi connectivity index (χ1) is 18.5. The third kappa shape index (κ3) is 19.5. The van der Waals surface area contributed by atoms with Crippen LogP contribution in [0, 0.1) is 0 Å². The van der Waals surface area contributed by atoms with Gasteiger partial charge in [0.1, 0.15) is 0 Å². The normalized spacial score (nSPS) is 9.75. The average Bonchev–Trinajstić information content (AvgIpc) is 2.92. The quantitative estimate of drug-likeness (QED) is 0.0908. The fourth-order valence-electron chi connectivity index (χ4n) is 4.14. The number of para-hydroxylation sites is 1. The summed E-state index contributed by atoms with van der Waals surface area (Å²) in [4.78, 5) is 24.6. The average molecular weight is 737 g/mol. The zero-order valence-corrected chi connectivity index (χ0v) is 26.8. The number of aromatic nitrogens is 1. The molecule has 0 unspecified atom stereocenters. The Balaban J connectivity index is 0. The Kier molecular flexibility index (Phi) is 26.5. The number of hydrogen-bond donors (Lipinski definition) is 4. The summed E-state index contributed by atoms with van der Waals surface area (Å²) >= 11 is 0. The number of nitrogens with one attached hydrogen (secondary N) is 1. The standard InChI is InChI=1S/C13H9N.C10H20O2.C9H19NO2.H3N.Pt/c1-2-6-11-10(5-1)9-14-13-8-4-3-7-12(11)13;1-2-3-4-5-6-7-8-9-10(11)12;1-2-3-4-5-6-7-8-10-9(11)12;;/h1-9H;2-9H2,1H3,(H,11,12);10H,2-8H2,1H3,(H,11,12);1H3;. The second kappa shape index (κ2) is 26.7. The molecule has 3 rings (SSSR count). The summed E-state index contributed by atoms with van der Waals surface area (Å²) in [5.74, 6) is -0.663. The van der Waals surface area contributed by atoms with Crippen molar-refractivity contribution in [3.63, 3.8) is 0 Å². The van der Waals surface area contributed by atoms with E-state index in [0.29, 0.717) is 13.0 Å². The minimum absolute atomic E-state index is 0.